The number of allylic oxidation sites excluding steroid dienone is 1. The van der Waals surface area contributed by atoms with Crippen LogP contribution in [0, 0.1) is 6.92 Å². The largest absolute Gasteiger partial charge is 0.435 e. The fourth-order valence-electron chi connectivity index (χ4n) is 3.72. The van der Waals surface area contributed by atoms with Gasteiger partial charge in [0.1, 0.15) is 5.75 Å². The van der Waals surface area contributed by atoms with Crippen molar-refractivity contribution in [3.05, 3.63) is 45.9 Å². The Morgan fingerprint density at radius 3 is 2.63 bits per heavy atom. The van der Waals surface area contributed by atoms with Crippen molar-refractivity contribution in [2.75, 3.05) is 26.2 Å². The smallest absolute Gasteiger partial charge is 0.387 e. The molecule has 4 rings (SSSR count). The Bertz CT molecular complexity index is 1050. The molecule has 0 atom stereocenters. The predicted octanol–water partition coefficient (Wildman–Crippen LogP) is 2.41. The van der Waals surface area contributed by atoms with Gasteiger partial charge in [-0.25, -0.2) is 8.42 Å². The number of fused-ring (bicyclic) bond motifs is 1. The van der Waals surface area contributed by atoms with Crippen LogP contribution in [0.3, 0.4) is 0 Å². The minimum absolute atomic E-state index is 0.0800. The van der Waals surface area contributed by atoms with Crippen LogP contribution < -0.4 is 4.74 Å². The molecular weight excluding hydrogens is 418 g/mol. The van der Waals surface area contributed by atoms with Crippen molar-refractivity contribution < 1.29 is 26.5 Å². The Morgan fingerprint density at radius 2 is 1.97 bits per heavy atom. The van der Waals surface area contributed by atoms with Crippen LogP contribution in [-0.2, 0) is 23.0 Å². The molecule has 1 aliphatic heterocycles. The van der Waals surface area contributed by atoms with Gasteiger partial charge in [-0.15, -0.1) is 0 Å². The SMILES string of the molecule is Cc1nc(CN2CCN(S(=O)(=O)C3=Cc4ccc(OC(F)F)cc4CC3)CC2)no1. The minimum Gasteiger partial charge on any atom is -0.435 e. The summed E-state index contributed by atoms with van der Waals surface area (Å²) < 4.78 is 61.9. The second-order valence-corrected chi connectivity index (χ2v) is 9.25. The number of ether oxygens (including phenoxy) is 1. The van der Waals surface area contributed by atoms with Crippen molar-refractivity contribution in [1.29, 1.82) is 0 Å². The van der Waals surface area contributed by atoms with Gasteiger partial charge in [0.15, 0.2) is 5.82 Å². The van der Waals surface area contributed by atoms with E-state index in [1.54, 1.807) is 25.1 Å². The van der Waals surface area contributed by atoms with E-state index >= 15 is 0 Å². The first-order valence-electron chi connectivity index (χ1n) is 9.61. The van der Waals surface area contributed by atoms with Crippen LogP contribution in [0.25, 0.3) is 6.08 Å². The van der Waals surface area contributed by atoms with E-state index in [9.17, 15) is 17.2 Å². The van der Waals surface area contributed by atoms with Gasteiger partial charge < -0.3 is 9.26 Å². The first-order valence-corrected chi connectivity index (χ1v) is 11.1. The lowest BCUT2D eigenvalue weighted by molar-refractivity contribution is -0.0498. The normalized spacial score (nSPS) is 18.3. The van der Waals surface area contributed by atoms with Gasteiger partial charge in [-0.05, 0) is 42.2 Å². The second-order valence-electron chi connectivity index (χ2n) is 7.26. The summed E-state index contributed by atoms with van der Waals surface area (Å²) in [6.45, 7) is 1.26. The van der Waals surface area contributed by atoms with E-state index in [1.807, 2.05) is 0 Å². The molecule has 1 aromatic heterocycles. The number of halogens is 2. The van der Waals surface area contributed by atoms with E-state index in [4.69, 9.17) is 4.52 Å². The highest BCUT2D eigenvalue weighted by Crippen LogP contribution is 2.32. The van der Waals surface area contributed by atoms with Crippen LogP contribution >= 0.6 is 0 Å². The first-order chi connectivity index (χ1) is 14.3. The van der Waals surface area contributed by atoms with E-state index < -0.39 is 16.6 Å². The summed E-state index contributed by atoms with van der Waals surface area (Å²) in [7, 11) is -3.58. The van der Waals surface area contributed by atoms with E-state index in [0.29, 0.717) is 67.7 Å². The van der Waals surface area contributed by atoms with Crippen LogP contribution in [0.5, 0.6) is 5.75 Å². The number of hydrogen-bond donors (Lipinski definition) is 0. The molecule has 1 saturated heterocycles. The van der Waals surface area contributed by atoms with Gasteiger partial charge in [-0.3, -0.25) is 4.90 Å². The molecule has 162 valence electrons. The zero-order chi connectivity index (χ0) is 21.3. The summed E-state index contributed by atoms with van der Waals surface area (Å²) in [5, 5.41) is 3.88. The van der Waals surface area contributed by atoms with E-state index in [1.165, 1.54) is 10.4 Å². The maximum absolute atomic E-state index is 13.1. The molecule has 8 nitrogen and oxygen atoms in total. The molecule has 0 bridgehead atoms. The zero-order valence-corrected chi connectivity index (χ0v) is 17.2. The highest BCUT2D eigenvalue weighted by Gasteiger charge is 2.31. The van der Waals surface area contributed by atoms with Crippen LogP contribution in [0.4, 0.5) is 8.78 Å². The van der Waals surface area contributed by atoms with E-state index in [2.05, 4.69) is 19.8 Å². The van der Waals surface area contributed by atoms with Crippen molar-refractivity contribution in [3.8, 4) is 5.75 Å². The molecule has 1 aliphatic carbocycles. The van der Waals surface area contributed by atoms with Crippen LogP contribution in [-0.4, -0.2) is 60.6 Å². The molecule has 2 aromatic rings. The molecule has 2 aliphatic rings. The molecule has 11 heteroatoms. The summed E-state index contributed by atoms with van der Waals surface area (Å²) in [5.74, 6) is 1.17. The molecule has 30 heavy (non-hydrogen) atoms. The molecule has 0 spiro atoms. The molecular formula is C19H22F2N4O4S. The summed E-state index contributed by atoms with van der Waals surface area (Å²) >= 11 is 0. The zero-order valence-electron chi connectivity index (χ0n) is 16.4. The standard InChI is InChI=1S/C19H22F2N4O4S/c1-13-22-18(23-29-13)12-24-6-8-25(9-7-24)30(26,27)17-5-3-14-10-16(28-19(20)21)4-2-15(14)11-17/h2,4,10-11,19H,3,5-9,12H2,1H3. The maximum Gasteiger partial charge on any atom is 0.387 e. The summed E-state index contributed by atoms with van der Waals surface area (Å²) in [6.07, 6.45) is 2.42. The minimum atomic E-state index is -3.58. The van der Waals surface area contributed by atoms with Crippen LogP contribution in [0.2, 0.25) is 0 Å². The molecule has 1 fully saturated rings. The third kappa shape index (κ3) is 4.52. The Morgan fingerprint density at radius 1 is 1.20 bits per heavy atom. The van der Waals surface area contributed by atoms with Crippen molar-refractivity contribution in [2.24, 2.45) is 0 Å². The van der Waals surface area contributed by atoms with Gasteiger partial charge in [0.05, 0.1) is 11.4 Å². The lowest BCUT2D eigenvalue weighted by Crippen LogP contribution is -2.48. The predicted molar refractivity (Wildman–Crippen MR) is 104 cm³/mol. The number of hydrogen-bond acceptors (Lipinski definition) is 7. The lowest BCUT2D eigenvalue weighted by Gasteiger charge is -2.34. The van der Waals surface area contributed by atoms with Gasteiger partial charge in [0.2, 0.25) is 15.9 Å². The lowest BCUT2D eigenvalue weighted by atomic mass is 9.97. The number of aromatic nitrogens is 2. The molecule has 0 radical (unpaired) electrons. The van der Waals surface area contributed by atoms with Crippen molar-refractivity contribution in [1.82, 2.24) is 19.3 Å². The number of benzene rings is 1. The third-order valence-corrected chi connectivity index (χ3v) is 7.26. The number of sulfonamides is 1. The number of aryl methyl sites for hydroxylation is 2. The maximum atomic E-state index is 13.1. The number of nitrogens with zero attached hydrogens (tertiary/aromatic N) is 4. The van der Waals surface area contributed by atoms with Gasteiger partial charge in [0.25, 0.3) is 0 Å². The fourth-order valence-corrected chi connectivity index (χ4v) is 5.33. The Kier molecular flexibility index (Phi) is 5.85. The quantitative estimate of drug-likeness (QED) is 0.682. The average molecular weight is 440 g/mol. The monoisotopic (exact) mass is 440 g/mol. The summed E-state index contributed by atoms with van der Waals surface area (Å²) in [6, 6.07) is 4.59. The first kappa shape index (κ1) is 20.9. The van der Waals surface area contributed by atoms with Gasteiger partial charge in [-0.1, -0.05) is 11.2 Å². The molecule has 2 heterocycles. The number of rotatable bonds is 6. The fraction of sp³-hybridized carbons (Fsp3) is 0.474. The van der Waals surface area contributed by atoms with Gasteiger partial charge in [-0.2, -0.15) is 18.1 Å². The Balaban J connectivity index is 1.42. The Labute approximate surface area is 173 Å². The summed E-state index contributed by atoms with van der Waals surface area (Å²) in [4.78, 5) is 6.61. The number of piperazine rings is 1. The van der Waals surface area contributed by atoms with Gasteiger partial charge in [0, 0.05) is 33.1 Å². The molecule has 0 saturated carbocycles. The van der Waals surface area contributed by atoms with Crippen molar-refractivity contribution >= 4 is 16.1 Å². The Hall–Kier alpha value is -2.37. The highest BCUT2D eigenvalue weighted by atomic mass is 32.2. The van der Waals surface area contributed by atoms with E-state index in [-0.39, 0.29) is 5.75 Å². The second kappa shape index (κ2) is 8.40. The topological polar surface area (TPSA) is 88.8 Å². The molecule has 0 N–H and O–H groups in total. The van der Waals surface area contributed by atoms with Crippen LogP contribution in [0.15, 0.2) is 27.6 Å². The highest BCUT2D eigenvalue weighted by molar-refractivity contribution is 7.93. The van der Waals surface area contributed by atoms with Crippen molar-refractivity contribution in [2.45, 2.75) is 32.9 Å². The van der Waals surface area contributed by atoms with Crippen LogP contribution in [0.1, 0.15) is 29.3 Å². The molecule has 0 unspecified atom stereocenters. The van der Waals surface area contributed by atoms with Crippen molar-refractivity contribution in [3.63, 3.8) is 0 Å². The number of alkyl halides is 2. The summed E-state index contributed by atoms with van der Waals surface area (Å²) in [5.41, 5.74) is 1.51. The molecule has 1 aromatic carbocycles. The van der Waals surface area contributed by atoms with Gasteiger partial charge >= 0.3 is 6.61 Å². The van der Waals surface area contributed by atoms with E-state index in [0.717, 1.165) is 5.56 Å². The third-order valence-electron chi connectivity index (χ3n) is 5.23. The molecule has 0 amide bonds. The average Bonchev–Trinajstić information content (AvgIpc) is 3.12.